The minimum Gasteiger partial charge on any atom is -0.490 e. The van der Waals surface area contributed by atoms with Crippen LogP contribution in [0.1, 0.15) is 38.7 Å². The fourth-order valence-corrected chi connectivity index (χ4v) is 7.41. The molecule has 1 saturated carbocycles. The van der Waals surface area contributed by atoms with Gasteiger partial charge in [-0.25, -0.2) is 21.9 Å². The van der Waals surface area contributed by atoms with Crippen LogP contribution in [0.15, 0.2) is 12.1 Å². The highest BCUT2D eigenvalue weighted by atomic mass is 32.2. The molecule has 8 heteroatoms. The molecule has 0 aromatic heterocycles. The fraction of sp³-hybridized carbons (Fsp3) is 0.632. The van der Waals surface area contributed by atoms with Crippen LogP contribution in [0, 0.1) is 29.4 Å². The van der Waals surface area contributed by atoms with Gasteiger partial charge in [-0.2, -0.15) is 0 Å². The molecule has 2 heterocycles. The number of rotatable bonds is 2. The van der Waals surface area contributed by atoms with Crippen molar-refractivity contribution in [1.82, 2.24) is 4.72 Å². The normalized spacial score (nSPS) is 36.9. The Morgan fingerprint density at radius 3 is 2.67 bits per heavy atom. The summed E-state index contributed by atoms with van der Waals surface area (Å²) in [6.07, 6.45) is 1.77. The van der Waals surface area contributed by atoms with Crippen molar-refractivity contribution in [2.75, 3.05) is 6.61 Å². The molecule has 2 aliphatic heterocycles. The summed E-state index contributed by atoms with van der Waals surface area (Å²) >= 11 is 0. The number of carbonyl (C=O) groups excluding carboxylic acids is 1. The van der Waals surface area contributed by atoms with Crippen molar-refractivity contribution >= 4 is 16.3 Å². The molecular weight excluding hydrogens is 376 g/mol. The third-order valence-corrected chi connectivity index (χ3v) is 8.83. The second-order valence-electron chi connectivity index (χ2n) is 8.30. The third-order valence-electron chi connectivity index (χ3n) is 6.67. The van der Waals surface area contributed by atoms with Crippen molar-refractivity contribution in [3.63, 3.8) is 0 Å². The molecule has 0 amide bonds. The first-order valence-corrected chi connectivity index (χ1v) is 10.8. The summed E-state index contributed by atoms with van der Waals surface area (Å²) < 4.78 is 62.4. The van der Waals surface area contributed by atoms with Gasteiger partial charge in [0, 0.05) is 17.5 Å². The van der Waals surface area contributed by atoms with Gasteiger partial charge < -0.3 is 9.53 Å². The Morgan fingerprint density at radius 1 is 1.30 bits per heavy atom. The van der Waals surface area contributed by atoms with Gasteiger partial charge in [0.1, 0.15) is 12.1 Å². The summed E-state index contributed by atoms with van der Waals surface area (Å²) in [5.74, 6) is -2.19. The van der Waals surface area contributed by atoms with Gasteiger partial charge in [0.25, 0.3) is 0 Å². The molecule has 0 spiro atoms. The van der Waals surface area contributed by atoms with Gasteiger partial charge >= 0.3 is 0 Å². The van der Waals surface area contributed by atoms with Gasteiger partial charge in [-0.05, 0) is 43.2 Å². The Labute approximate surface area is 157 Å². The minimum absolute atomic E-state index is 0.0123. The Morgan fingerprint density at radius 2 is 2.00 bits per heavy atom. The standard InChI is InChI=1S/C19H23F2NO4S/c1-10(2)16-7-11-12-8-26-18-14(21)4-3-13(20)17(18)19(12,9-23)6-5-15(11)22-27(16,24)25/h3-4,9-12,15-16,22H,5-8H2,1-2H3/t11-,12-,15+,16-,19-/m0/s1. The highest BCUT2D eigenvalue weighted by molar-refractivity contribution is 7.90. The lowest BCUT2D eigenvalue weighted by atomic mass is 9.56. The summed E-state index contributed by atoms with van der Waals surface area (Å²) in [6, 6.07) is 1.71. The zero-order valence-electron chi connectivity index (χ0n) is 15.2. The summed E-state index contributed by atoms with van der Waals surface area (Å²) in [5.41, 5.74) is -1.20. The van der Waals surface area contributed by atoms with Crippen molar-refractivity contribution in [3.05, 3.63) is 29.3 Å². The maximum absolute atomic E-state index is 14.7. The number of hydrogen-bond donors (Lipinski definition) is 1. The van der Waals surface area contributed by atoms with Crippen LogP contribution in [-0.2, 0) is 20.2 Å². The largest absolute Gasteiger partial charge is 0.490 e. The number of ether oxygens (including phenoxy) is 1. The average molecular weight is 399 g/mol. The molecule has 2 fully saturated rings. The highest BCUT2D eigenvalue weighted by Crippen LogP contribution is 2.54. The molecule has 1 N–H and O–H groups in total. The smallest absolute Gasteiger partial charge is 0.215 e. The Bertz CT molecular complexity index is 888. The predicted molar refractivity (Wildman–Crippen MR) is 94.9 cm³/mol. The van der Waals surface area contributed by atoms with Crippen molar-refractivity contribution in [2.45, 2.75) is 49.8 Å². The number of carbonyl (C=O) groups is 1. The van der Waals surface area contributed by atoms with Gasteiger partial charge in [-0.3, -0.25) is 0 Å². The SMILES string of the molecule is CC(C)[C@@H]1C[C@@H]2[C@@H](CC[C@@]3(C=O)c4c(F)ccc(F)c4OC[C@@H]23)NS1(=O)=O. The predicted octanol–water partition coefficient (Wildman–Crippen LogP) is 2.54. The van der Waals surface area contributed by atoms with Crippen LogP contribution in [0.5, 0.6) is 5.75 Å². The molecule has 148 valence electrons. The van der Waals surface area contributed by atoms with E-state index in [0.717, 1.165) is 18.4 Å². The quantitative estimate of drug-likeness (QED) is 0.776. The number of nitrogens with one attached hydrogen (secondary N) is 1. The minimum atomic E-state index is -3.45. The zero-order valence-corrected chi connectivity index (χ0v) is 16.1. The molecule has 0 unspecified atom stereocenters. The number of benzene rings is 1. The van der Waals surface area contributed by atoms with Crippen LogP contribution in [0.2, 0.25) is 0 Å². The second-order valence-corrected chi connectivity index (χ2v) is 10.2. The molecule has 5 nitrogen and oxygen atoms in total. The van der Waals surface area contributed by atoms with E-state index >= 15 is 0 Å². The number of aldehydes is 1. The molecule has 0 radical (unpaired) electrons. The lowest BCUT2D eigenvalue weighted by Gasteiger charge is -2.53. The van der Waals surface area contributed by atoms with E-state index in [1.807, 2.05) is 13.8 Å². The van der Waals surface area contributed by atoms with Crippen LogP contribution in [-0.4, -0.2) is 32.6 Å². The van der Waals surface area contributed by atoms with E-state index in [1.54, 1.807) is 0 Å². The summed E-state index contributed by atoms with van der Waals surface area (Å²) in [7, 11) is -3.45. The van der Waals surface area contributed by atoms with Gasteiger partial charge in [-0.15, -0.1) is 0 Å². The zero-order chi connectivity index (χ0) is 19.6. The van der Waals surface area contributed by atoms with Gasteiger partial charge in [0.05, 0.1) is 17.3 Å². The Balaban J connectivity index is 1.81. The van der Waals surface area contributed by atoms with Gasteiger partial charge in [-0.1, -0.05) is 13.8 Å². The van der Waals surface area contributed by atoms with Crippen molar-refractivity contribution in [1.29, 1.82) is 0 Å². The first-order valence-electron chi connectivity index (χ1n) is 9.30. The molecule has 1 aliphatic carbocycles. The number of sulfonamides is 1. The first kappa shape index (κ1) is 18.8. The molecule has 0 bridgehead atoms. The van der Waals surface area contributed by atoms with Crippen LogP contribution in [0.4, 0.5) is 8.78 Å². The highest BCUT2D eigenvalue weighted by Gasteiger charge is 2.58. The summed E-state index contributed by atoms with van der Waals surface area (Å²) in [5, 5.41) is -0.583. The van der Waals surface area contributed by atoms with E-state index in [2.05, 4.69) is 4.72 Å². The van der Waals surface area contributed by atoms with Gasteiger partial charge in [0.2, 0.25) is 10.0 Å². The molecule has 3 aliphatic rings. The summed E-state index contributed by atoms with van der Waals surface area (Å²) in [6.45, 7) is 3.77. The van der Waals surface area contributed by atoms with E-state index in [-0.39, 0.29) is 42.2 Å². The van der Waals surface area contributed by atoms with Crippen LogP contribution in [0.25, 0.3) is 0 Å². The maximum atomic E-state index is 14.7. The lowest BCUT2D eigenvalue weighted by Crippen LogP contribution is -2.63. The molecule has 5 atom stereocenters. The van der Waals surface area contributed by atoms with E-state index in [9.17, 15) is 22.0 Å². The molecule has 27 heavy (non-hydrogen) atoms. The monoisotopic (exact) mass is 399 g/mol. The maximum Gasteiger partial charge on any atom is 0.215 e. The first-order chi connectivity index (χ1) is 12.7. The number of hydrogen-bond acceptors (Lipinski definition) is 4. The number of fused-ring (bicyclic) bond motifs is 5. The number of halogens is 2. The van der Waals surface area contributed by atoms with Crippen LogP contribution >= 0.6 is 0 Å². The topological polar surface area (TPSA) is 72.5 Å². The van der Waals surface area contributed by atoms with Crippen LogP contribution < -0.4 is 9.46 Å². The van der Waals surface area contributed by atoms with Crippen molar-refractivity contribution in [2.24, 2.45) is 17.8 Å². The fourth-order valence-electron chi connectivity index (χ4n) is 5.32. The molecule has 1 aromatic carbocycles. The lowest BCUT2D eigenvalue weighted by molar-refractivity contribution is -0.120. The van der Waals surface area contributed by atoms with E-state index in [1.165, 1.54) is 0 Å². The van der Waals surface area contributed by atoms with Crippen LogP contribution in [0.3, 0.4) is 0 Å². The molecular formula is C19H23F2NO4S. The van der Waals surface area contributed by atoms with Gasteiger partial charge in [0.15, 0.2) is 11.6 Å². The third kappa shape index (κ3) is 2.63. The second kappa shape index (κ2) is 6.24. The molecule has 1 saturated heterocycles. The van der Waals surface area contributed by atoms with E-state index in [4.69, 9.17) is 4.74 Å². The van der Waals surface area contributed by atoms with E-state index in [0.29, 0.717) is 12.8 Å². The van der Waals surface area contributed by atoms with Crippen molar-refractivity contribution < 1.29 is 26.7 Å². The average Bonchev–Trinajstić information content (AvgIpc) is 2.62. The molecule has 4 rings (SSSR count). The van der Waals surface area contributed by atoms with Crippen molar-refractivity contribution in [3.8, 4) is 5.75 Å². The Hall–Kier alpha value is -1.54. The molecule has 1 aromatic rings. The Kier molecular flexibility index (Phi) is 4.34. The van der Waals surface area contributed by atoms with E-state index < -0.39 is 38.2 Å². The summed E-state index contributed by atoms with van der Waals surface area (Å²) in [4.78, 5) is 12.3.